The van der Waals surface area contributed by atoms with Gasteiger partial charge in [-0.05, 0) is 36.4 Å². The largest absolute Gasteiger partial charge is 0.439 e. The van der Waals surface area contributed by atoms with Gasteiger partial charge in [-0.25, -0.2) is 9.97 Å². The molecule has 0 aliphatic carbocycles. The number of rotatable bonds is 7. The van der Waals surface area contributed by atoms with Crippen molar-refractivity contribution in [1.29, 1.82) is 5.26 Å². The molecule has 1 aliphatic rings. The first kappa shape index (κ1) is 24.1. The van der Waals surface area contributed by atoms with Gasteiger partial charge in [0.15, 0.2) is 5.13 Å². The van der Waals surface area contributed by atoms with Gasteiger partial charge in [-0.15, -0.1) is 0 Å². The molecule has 0 atom stereocenters. The van der Waals surface area contributed by atoms with Crippen LogP contribution in [0.2, 0.25) is 0 Å². The SMILES string of the molecule is N#Cc1cnc(Nc2cc(N3CCOCC3)cc(Oc3ccc(NC(=O)c4cccnc4F)cc3)n2)s1. The molecular weight excluding hydrogens is 497 g/mol. The van der Waals surface area contributed by atoms with E-state index in [2.05, 4.69) is 36.6 Å². The Labute approximate surface area is 215 Å². The number of carbonyl (C=O) groups excluding carboxylic acids is 1. The summed E-state index contributed by atoms with van der Waals surface area (Å²) >= 11 is 1.22. The fraction of sp³-hybridized carbons (Fsp3) is 0.160. The molecule has 1 fully saturated rings. The predicted octanol–water partition coefficient (Wildman–Crippen LogP) is 4.57. The highest BCUT2D eigenvalue weighted by Crippen LogP contribution is 2.31. The van der Waals surface area contributed by atoms with Crippen LogP contribution in [0.5, 0.6) is 11.6 Å². The monoisotopic (exact) mass is 517 g/mol. The van der Waals surface area contributed by atoms with E-state index >= 15 is 0 Å². The van der Waals surface area contributed by atoms with Gasteiger partial charge in [0, 0.05) is 42.8 Å². The minimum absolute atomic E-state index is 0.144. The van der Waals surface area contributed by atoms with Crippen molar-refractivity contribution < 1.29 is 18.7 Å². The van der Waals surface area contributed by atoms with Crippen LogP contribution >= 0.6 is 11.3 Å². The third-order valence-electron chi connectivity index (χ3n) is 5.35. The zero-order valence-corrected chi connectivity index (χ0v) is 20.2. The Morgan fingerprint density at radius 1 is 1.16 bits per heavy atom. The lowest BCUT2D eigenvalue weighted by molar-refractivity contribution is 0.102. The topological polar surface area (TPSA) is 125 Å². The van der Waals surface area contributed by atoms with Crippen LogP contribution in [0.3, 0.4) is 0 Å². The van der Waals surface area contributed by atoms with Gasteiger partial charge >= 0.3 is 0 Å². The van der Waals surface area contributed by atoms with Gasteiger partial charge in [0.25, 0.3) is 5.91 Å². The molecule has 186 valence electrons. The summed E-state index contributed by atoms with van der Waals surface area (Å²) in [5.74, 6) is -0.0871. The highest BCUT2D eigenvalue weighted by atomic mass is 32.1. The summed E-state index contributed by atoms with van der Waals surface area (Å²) in [5.41, 5.74) is 1.22. The van der Waals surface area contributed by atoms with Crippen LogP contribution in [-0.2, 0) is 4.74 Å². The molecule has 37 heavy (non-hydrogen) atoms. The number of thiazole rings is 1. The van der Waals surface area contributed by atoms with E-state index in [0.717, 1.165) is 18.8 Å². The molecule has 1 amide bonds. The molecule has 2 N–H and O–H groups in total. The zero-order valence-electron chi connectivity index (χ0n) is 19.3. The van der Waals surface area contributed by atoms with E-state index < -0.39 is 11.9 Å². The molecule has 1 aromatic carbocycles. The maximum Gasteiger partial charge on any atom is 0.260 e. The minimum atomic E-state index is -0.836. The maximum absolute atomic E-state index is 13.8. The van der Waals surface area contributed by atoms with Gasteiger partial charge in [0.05, 0.1) is 25.0 Å². The van der Waals surface area contributed by atoms with Gasteiger partial charge in [-0.1, -0.05) is 11.3 Å². The Balaban J connectivity index is 1.34. The van der Waals surface area contributed by atoms with E-state index in [1.807, 2.05) is 12.1 Å². The van der Waals surface area contributed by atoms with E-state index in [4.69, 9.17) is 14.7 Å². The van der Waals surface area contributed by atoms with E-state index in [-0.39, 0.29) is 5.56 Å². The van der Waals surface area contributed by atoms with E-state index in [1.54, 1.807) is 24.3 Å². The van der Waals surface area contributed by atoms with E-state index in [1.165, 1.54) is 35.9 Å². The van der Waals surface area contributed by atoms with Crippen LogP contribution in [0.1, 0.15) is 15.2 Å². The second-order valence-electron chi connectivity index (χ2n) is 7.84. The molecule has 12 heteroatoms. The Bertz CT molecular complexity index is 1450. The van der Waals surface area contributed by atoms with Crippen molar-refractivity contribution in [3.8, 4) is 17.7 Å². The van der Waals surface area contributed by atoms with Crippen molar-refractivity contribution in [2.75, 3.05) is 41.8 Å². The number of halogens is 1. The minimum Gasteiger partial charge on any atom is -0.439 e. The number of ether oxygens (including phenoxy) is 2. The first-order valence-electron chi connectivity index (χ1n) is 11.2. The molecule has 4 aromatic rings. The normalized spacial score (nSPS) is 13.0. The molecule has 5 rings (SSSR count). The summed E-state index contributed by atoms with van der Waals surface area (Å²) in [6.07, 6.45) is 2.78. The third kappa shape index (κ3) is 5.97. The van der Waals surface area contributed by atoms with Crippen molar-refractivity contribution in [2.24, 2.45) is 0 Å². The third-order valence-corrected chi connectivity index (χ3v) is 6.17. The summed E-state index contributed by atoms with van der Waals surface area (Å²) in [4.78, 5) is 27.2. The van der Waals surface area contributed by atoms with Crippen LogP contribution in [0, 0.1) is 17.3 Å². The van der Waals surface area contributed by atoms with Gasteiger partial charge in [0.2, 0.25) is 11.8 Å². The maximum atomic E-state index is 13.8. The molecule has 10 nitrogen and oxygen atoms in total. The van der Waals surface area contributed by atoms with Gasteiger partial charge in [0.1, 0.15) is 22.5 Å². The van der Waals surface area contributed by atoms with Crippen molar-refractivity contribution >= 4 is 39.6 Å². The van der Waals surface area contributed by atoms with Crippen molar-refractivity contribution in [2.45, 2.75) is 0 Å². The van der Waals surface area contributed by atoms with Crippen LogP contribution in [0.25, 0.3) is 0 Å². The van der Waals surface area contributed by atoms with Crippen LogP contribution in [-0.4, -0.2) is 47.2 Å². The van der Waals surface area contributed by atoms with Crippen LogP contribution in [0.15, 0.2) is 60.9 Å². The first-order valence-corrected chi connectivity index (χ1v) is 12.1. The average molecular weight is 518 g/mol. The Morgan fingerprint density at radius 2 is 1.97 bits per heavy atom. The smallest absolute Gasteiger partial charge is 0.260 e. The summed E-state index contributed by atoms with van der Waals surface area (Å²) in [7, 11) is 0. The van der Waals surface area contributed by atoms with Crippen molar-refractivity contribution in [3.63, 3.8) is 0 Å². The summed E-state index contributed by atoms with van der Waals surface area (Å²) in [5, 5.41) is 15.4. The number of amides is 1. The lowest BCUT2D eigenvalue weighted by Gasteiger charge is -2.29. The number of morpholine rings is 1. The highest BCUT2D eigenvalue weighted by Gasteiger charge is 2.16. The van der Waals surface area contributed by atoms with Crippen molar-refractivity contribution in [3.05, 3.63) is 77.3 Å². The van der Waals surface area contributed by atoms with Crippen LogP contribution in [0.4, 0.5) is 26.7 Å². The number of nitriles is 1. The quantitative estimate of drug-likeness (QED) is 0.339. The number of benzene rings is 1. The summed E-state index contributed by atoms with van der Waals surface area (Å²) < 4.78 is 25.3. The lowest BCUT2D eigenvalue weighted by atomic mass is 10.2. The molecule has 0 unspecified atom stereocenters. The first-order chi connectivity index (χ1) is 18.1. The van der Waals surface area contributed by atoms with E-state index in [0.29, 0.717) is 46.4 Å². The molecule has 0 spiro atoms. The number of anilines is 4. The molecular formula is C25H20FN7O3S. The molecule has 0 bridgehead atoms. The molecule has 3 aromatic heterocycles. The standard InChI is InChI=1S/C25H20FN7O3S/c26-23-20(2-1-7-28-23)24(34)30-16-3-5-18(6-4-16)36-22-13-17(33-8-10-35-11-9-33)12-21(31-22)32-25-29-15-19(14-27)37-25/h1-7,12-13,15H,8-11H2,(H,30,34)(H,29,31,32). The number of aromatic nitrogens is 3. The predicted molar refractivity (Wildman–Crippen MR) is 136 cm³/mol. The van der Waals surface area contributed by atoms with Crippen molar-refractivity contribution in [1.82, 2.24) is 15.0 Å². The number of nitrogens with one attached hydrogen (secondary N) is 2. The van der Waals surface area contributed by atoms with Crippen LogP contribution < -0.4 is 20.3 Å². The molecule has 1 aliphatic heterocycles. The zero-order chi connectivity index (χ0) is 25.6. The Hall–Kier alpha value is -4.60. The fourth-order valence-corrected chi connectivity index (χ4v) is 4.21. The van der Waals surface area contributed by atoms with Gasteiger partial charge < -0.3 is 25.0 Å². The number of carbonyl (C=O) groups is 1. The molecule has 0 saturated carbocycles. The molecule has 0 radical (unpaired) electrons. The highest BCUT2D eigenvalue weighted by molar-refractivity contribution is 7.16. The fourth-order valence-electron chi connectivity index (χ4n) is 3.59. The van der Waals surface area contributed by atoms with Gasteiger partial charge in [-0.2, -0.15) is 14.6 Å². The number of nitrogens with zero attached hydrogens (tertiary/aromatic N) is 5. The second-order valence-corrected chi connectivity index (χ2v) is 8.87. The second kappa shape index (κ2) is 11.0. The van der Waals surface area contributed by atoms with Gasteiger partial charge in [-0.3, -0.25) is 4.79 Å². The summed E-state index contributed by atoms with van der Waals surface area (Å²) in [6.45, 7) is 2.69. The Morgan fingerprint density at radius 3 is 2.70 bits per heavy atom. The lowest BCUT2D eigenvalue weighted by Crippen LogP contribution is -2.36. The number of pyridine rings is 2. The molecule has 1 saturated heterocycles. The molecule has 4 heterocycles. The Kier molecular flexibility index (Phi) is 7.16. The van der Waals surface area contributed by atoms with E-state index in [9.17, 15) is 9.18 Å². The average Bonchev–Trinajstić information content (AvgIpc) is 3.38. The summed E-state index contributed by atoms with van der Waals surface area (Å²) in [6, 6.07) is 15.3. The number of hydrogen-bond acceptors (Lipinski definition) is 10. The number of hydrogen-bond donors (Lipinski definition) is 2.